The number of aryl methyl sites for hydroxylation is 1. The van der Waals surface area contributed by atoms with Crippen LogP contribution < -0.4 is 4.90 Å². The van der Waals surface area contributed by atoms with Crippen molar-refractivity contribution in [3.05, 3.63) is 47.3 Å². The van der Waals surface area contributed by atoms with E-state index >= 15 is 0 Å². The van der Waals surface area contributed by atoms with Gasteiger partial charge in [0.05, 0.1) is 16.0 Å². The Bertz CT molecular complexity index is 1260. The number of piperazine rings is 1. The molecule has 0 N–H and O–H groups in total. The molecular formula is C18H16F6N6O2S. The minimum atomic E-state index is -5.14. The molecule has 0 saturated carbocycles. The number of aromatic nitrogens is 4. The Kier molecular flexibility index (Phi) is 5.51. The van der Waals surface area contributed by atoms with Crippen molar-refractivity contribution < 1.29 is 34.8 Å². The molecule has 1 aromatic carbocycles. The Labute approximate surface area is 183 Å². The molecule has 3 aromatic rings. The summed E-state index contributed by atoms with van der Waals surface area (Å²) in [6, 6.07) is 3.68. The molecule has 1 aliphatic rings. The van der Waals surface area contributed by atoms with Crippen LogP contribution in [0.4, 0.5) is 32.2 Å². The first kappa shape index (κ1) is 23.2. The van der Waals surface area contributed by atoms with Crippen LogP contribution in [0.25, 0.3) is 5.65 Å². The average molecular weight is 494 g/mol. The lowest BCUT2D eigenvalue weighted by Crippen LogP contribution is -2.49. The van der Waals surface area contributed by atoms with E-state index in [1.54, 1.807) is 24.0 Å². The monoisotopic (exact) mass is 494 g/mol. The Morgan fingerprint density at radius 2 is 1.42 bits per heavy atom. The third-order valence-corrected chi connectivity index (χ3v) is 7.04. The number of halogens is 6. The fourth-order valence-electron chi connectivity index (χ4n) is 3.44. The van der Waals surface area contributed by atoms with Gasteiger partial charge in [-0.15, -0.1) is 15.3 Å². The second kappa shape index (κ2) is 7.83. The lowest BCUT2D eigenvalue weighted by molar-refractivity contribution is -0.143. The Morgan fingerprint density at radius 1 is 0.848 bits per heavy atom. The Hall–Kier alpha value is -2.94. The molecule has 0 spiro atoms. The molecule has 0 amide bonds. The molecule has 4 rings (SSSR count). The molecule has 8 nitrogen and oxygen atoms in total. The number of hydrogen-bond donors (Lipinski definition) is 0. The molecule has 0 aliphatic carbocycles. The van der Waals surface area contributed by atoms with Crippen LogP contribution in [0.5, 0.6) is 0 Å². The summed E-state index contributed by atoms with van der Waals surface area (Å²) in [4.78, 5) is 0.691. The van der Waals surface area contributed by atoms with Gasteiger partial charge < -0.3 is 4.90 Å². The van der Waals surface area contributed by atoms with Crippen molar-refractivity contribution in [2.24, 2.45) is 0 Å². The molecule has 0 bridgehead atoms. The van der Waals surface area contributed by atoms with Crippen LogP contribution in [0.2, 0.25) is 0 Å². The van der Waals surface area contributed by atoms with E-state index < -0.39 is 38.4 Å². The summed E-state index contributed by atoms with van der Waals surface area (Å²) in [7, 11) is -4.60. The van der Waals surface area contributed by atoms with E-state index in [-0.39, 0.29) is 44.4 Å². The van der Waals surface area contributed by atoms with Crippen LogP contribution in [-0.2, 0) is 22.4 Å². The zero-order chi connectivity index (χ0) is 24.2. The zero-order valence-electron chi connectivity index (χ0n) is 16.9. The topological polar surface area (TPSA) is 83.7 Å². The number of fused-ring (bicyclic) bond motifs is 1. The standard InChI is InChI=1S/C18H16F6N6O2S/c1-11-25-26-15-2-3-16(27-30(11)15)28-4-6-29(7-5-28)33(31,32)14-9-12(17(19,20)21)8-13(10-14)18(22,23)24/h2-3,8-10H,4-7H2,1H3. The summed E-state index contributed by atoms with van der Waals surface area (Å²) in [5.74, 6) is 1.04. The van der Waals surface area contributed by atoms with Crippen LogP contribution in [0.3, 0.4) is 0 Å². The molecule has 2 aromatic heterocycles. The number of anilines is 1. The second-order valence-electron chi connectivity index (χ2n) is 7.34. The van der Waals surface area contributed by atoms with E-state index in [2.05, 4.69) is 15.3 Å². The number of benzene rings is 1. The maximum Gasteiger partial charge on any atom is 0.416 e. The third-order valence-electron chi connectivity index (χ3n) is 5.17. The first-order chi connectivity index (χ1) is 15.3. The molecule has 0 unspecified atom stereocenters. The van der Waals surface area contributed by atoms with Crippen LogP contribution in [-0.4, -0.2) is 58.7 Å². The fourth-order valence-corrected chi connectivity index (χ4v) is 4.93. The van der Waals surface area contributed by atoms with Gasteiger partial charge in [0.2, 0.25) is 10.0 Å². The first-order valence-corrected chi connectivity index (χ1v) is 10.9. The molecule has 3 heterocycles. The summed E-state index contributed by atoms with van der Waals surface area (Å²) >= 11 is 0. The van der Waals surface area contributed by atoms with Crippen molar-refractivity contribution >= 4 is 21.5 Å². The van der Waals surface area contributed by atoms with Crippen molar-refractivity contribution in [3.63, 3.8) is 0 Å². The molecule has 33 heavy (non-hydrogen) atoms. The van der Waals surface area contributed by atoms with Gasteiger partial charge in [0.15, 0.2) is 11.5 Å². The van der Waals surface area contributed by atoms with Crippen molar-refractivity contribution in [2.45, 2.75) is 24.2 Å². The minimum Gasteiger partial charge on any atom is -0.353 e. The zero-order valence-corrected chi connectivity index (χ0v) is 17.7. The van der Waals surface area contributed by atoms with E-state index in [1.165, 1.54) is 4.52 Å². The Balaban J connectivity index is 1.59. The molecule has 15 heteroatoms. The van der Waals surface area contributed by atoms with E-state index in [0.29, 0.717) is 17.3 Å². The summed E-state index contributed by atoms with van der Waals surface area (Å²) in [5.41, 5.74) is -2.85. The Morgan fingerprint density at radius 3 is 1.97 bits per heavy atom. The molecule has 1 aliphatic heterocycles. The van der Waals surface area contributed by atoms with E-state index in [4.69, 9.17) is 0 Å². The summed E-state index contributed by atoms with van der Waals surface area (Å²) in [6.45, 7) is 1.65. The van der Waals surface area contributed by atoms with Gasteiger partial charge in [0.1, 0.15) is 5.82 Å². The highest BCUT2D eigenvalue weighted by Gasteiger charge is 2.39. The minimum absolute atomic E-state index is 0.105. The van der Waals surface area contributed by atoms with E-state index in [0.717, 1.165) is 4.31 Å². The van der Waals surface area contributed by atoms with Crippen LogP contribution >= 0.6 is 0 Å². The highest BCUT2D eigenvalue weighted by atomic mass is 32.2. The lowest BCUT2D eigenvalue weighted by atomic mass is 10.1. The largest absolute Gasteiger partial charge is 0.416 e. The van der Waals surface area contributed by atoms with E-state index in [9.17, 15) is 34.8 Å². The van der Waals surface area contributed by atoms with Gasteiger partial charge in [-0.25, -0.2) is 8.42 Å². The lowest BCUT2D eigenvalue weighted by Gasteiger charge is -2.34. The number of sulfonamides is 1. The molecule has 0 atom stereocenters. The number of nitrogens with zero attached hydrogens (tertiary/aromatic N) is 6. The number of alkyl halides is 6. The molecule has 0 radical (unpaired) electrons. The van der Waals surface area contributed by atoms with Gasteiger partial charge in [-0.3, -0.25) is 0 Å². The van der Waals surface area contributed by atoms with Crippen LogP contribution in [0, 0.1) is 6.92 Å². The number of rotatable bonds is 3. The van der Waals surface area contributed by atoms with Crippen molar-refractivity contribution in [3.8, 4) is 0 Å². The average Bonchev–Trinajstić information content (AvgIpc) is 3.12. The van der Waals surface area contributed by atoms with Gasteiger partial charge in [-0.05, 0) is 37.3 Å². The van der Waals surface area contributed by atoms with E-state index in [1.807, 2.05) is 0 Å². The fraction of sp³-hybridized carbons (Fsp3) is 0.389. The van der Waals surface area contributed by atoms with Crippen molar-refractivity contribution in [1.29, 1.82) is 0 Å². The van der Waals surface area contributed by atoms with Crippen molar-refractivity contribution in [1.82, 2.24) is 24.1 Å². The first-order valence-electron chi connectivity index (χ1n) is 9.50. The predicted molar refractivity (Wildman–Crippen MR) is 103 cm³/mol. The molecule has 1 saturated heterocycles. The highest BCUT2D eigenvalue weighted by Crippen LogP contribution is 2.38. The van der Waals surface area contributed by atoms with Gasteiger partial charge >= 0.3 is 12.4 Å². The van der Waals surface area contributed by atoms with Gasteiger partial charge in [0, 0.05) is 26.2 Å². The SMILES string of the molecule is Cc1nnc2ccc(N3CCN(S(=O)(=O)c4cc(C(F)(F)F)cc(C(F)(F)F)c4)CC3)nn12. The maximum atomic E-state index is 13.1. The normalized spacial score (nSPS) is 16.5. The molecule has 178 valence electrons. The summed E-state index contributed by atoms with van der Waals surface area (Å²) in [6.07, 6.45) is -10.3. The summed E-state index contributed by atoms with van der Waals surface area (Å²) < 4.78 is 107. The number of hydrogen-bond acceptors (Lipinski definition) is 6. The quantitative estimate of drug-likeness (QED) is 0.521. The smallest absolute Gasteiger partial charge is 0.353 e. The second-order valence-corrected chi connectivity index (χ2v) is 9.28. The summed E-state index contributed by atoms with van der Waals surface area (Å²) in [5, 5.41) is 12.2. The molecule has 1 fully saturated rings. The highest BCUT2D eigenvalue weighted by molar-refractivity contribution is 7.89. The third kappa shape index (κ3) is 4.46. The van der Waals surface area contributed by atoms with Gasteiger partial charge in [-0.1, -0.05) is 0 Å². The van der Waals surface area contributed by atoms with Gasteiger partial charge in [-0.2, -0.15) is 35.2 Å². The predicted octanol–water partition coefficient (Wildman–Crippen LogP) is 2.98. The van der Waals surface area contributed by atoms with Crippen molar-refractivity contribution in [2.75, 3.05) is 31.1 Å². The van der Waals surface area contributed by atoms with Gasteiger partial charge in [0.25, 0.3) is 0 Å². The molecular weight excluding hydrogens is 478 g/mol. The van der Waals surface area contributed by atoms with Crippen LogP contribution in [0.1, 0.15) is 17.0 Å². The van der Waals surface area contributed by atoms with Crippen LogP contribution in [0.15, 0.2) is 35.2 Å². The maximum absolute atomic E-state index is 13.1.